The molecule has 2 atom stereocenters. The van der Waals surface area contributed by atoms with E-state index in [2.05, 4.69) is 0 Å². The molecule has 1 aliphatic rings. The molecule has 0 unspecified atom stereocenters. The lowest BCUT2D eigenvalue weighted by molar-refractivity contribution is -0.376. The van der Waals surface area contributed by atoms with Gasteiger partial charge in [0.1, 0.15) is 5.60 Å². The third-order valence-electron chi connectivity index (χ3n) is 6.73. The molecule has 1 fully saturated rings. The topological polar surface area (TPSA) is 49.8 Å². The minimum atomic E-state index is -5.97. The van der Waals surface area contributed by atoms with Crippen molar-refractivity contribution in [2.24, 2.45) is 0 Å². The molecule has 0 aromatic heterocycles. The standard InChI is InChI=1S/C26H29F6NO3/c1-5-23(18-9-7-6-8-10-18)16-33(21(34)36-22(2,3)4)15-20(23)17-11-13-19(14-12-17)24(35,25(27,28)29)26(30,31)32/h6-14,20,35H,5,15-16H2,1-4H3/t20-,23+/m0/s1. The van der Waals surface area contributed by atoms with Crippen LogP contribution < -0.4 is 0 Å². The SMILES string of the molecule is CC[C@]1(c2ccccc2)CN(C(=O)OC(C)(C)C)C[C@H]1c1ccc(C(O)(C(F)(F)F)C(F)(F)F)cc1. The molecule has 0 radical (unpaired) electrons. The monoisotopic (exact) mass is 517 g/mol. The summed E-state index contributed by atoms with van der Waals surface area (Å²) in [4.78, 5) is 14.4. The van der Waals surface area contributed by atoms with Crippen LogP contribution in [-0.2, 0) is 15.8 Å². The van der Waals surface area contributed by atoms with Gasteiger partial charge in [0.25, 0.3) is 5.60 Å². The van der Waals surface area contributed by atoms with Crippen molar-refractivity contribution in [3.05, 3.63) is 71.3 Å². The summed E-state index contributed by atoms with van der Waals surface area (Å²) < 4.78 is 85.5. The van der Waals surface area contributed by atoms with Gasteiger partial charge in [-0.1, -0.05) is 61.5 Å². The number of benzene rings is 2. The van der Waals surface area contributed by atoms with Crippen molar-refractivity contribution in [3.8, 4) is 0 Å². The molecule has 2 aromatic carbocycles. The Morgan fingerprint density at radius 2 is 1.50 bits per heavy atom. The van der Waals surface area contributed by atoms with Gasteiger partial charge in [-0.3, -0.25) is 0 Å². The van der Waals surface area contributed by atoms with Gasteiger partial charge < -0.3 is 14.7 Å². The summed E-state index contributed by atoms with van der Waals surface area (Å²) in [7, 11) is 0. The molecule has 1 saturated heterocycles. The second kappa shape index (κ2) is 9.28. The lowest BCUT2D eigenvalue weighted by Gasteiger charge is -2.35. The Balaban J connectivity index is 2.07. The first-order valence-corrected chi connectivity index (χ1v) is 11.5. The first kappa shape index (κ1) is 27.8. The van der Waals surface area contributed by atoms with Gasteiger partial charge in [0.05, 0.1) is 0 Å². The molecule has 0 bridgehead atoms. The highest BCUT2D eigenvalue weighted by molar-refractivity contribution is 5.69. The summed E-state index contributed by atoms with van der Waals surface area (Å²) in [6.07, 6.45) is -12.0. The average molecular weight is 518 g/mol. The zero-order chi connectivity index (χ0) is 27.2. The first-order valence-electron chi connectivity index (χ1n) is 11.5. The Bertz CT molecular complexity index is 1050. The molecule has 4 nitrogen and oxygen atoms in total. The van der Waals surface area contributed by atoms with E-state index in [1.165, 1.54) is 4.90 Å². The second-order valence-corrected chi connectivity index (χ2v) is 10.1. The zero-order valence-electron chi connectivity index (χ0n) is 20.4. The van der Waals surface area contributed by atoms with Gasteiger partial charge in [0, 0.05) is 30.0 Å². The lowest BCUT2D eigenvalue weighted by Crippen LogP contribution is -2.53. The zero-order valence-corrected chi connectivity index (χ0v) is 20.4. The molecular formula is C26H29F6NO3. The van der Waals surface area contributed by atoms with Crippen LogP contribution in [-0.4, -0.2) is 47.1 Å². The van der Waals surface area contributed by atoms with Crippen molar-refractivity contribution in [1.29, 1.82) is 0 Å². The van der Waals surface area contributed by atoms with Crippen LogP contribution in [0.1, 0.15) is 56.7 Å². The number of nitrogens with zero attached hydrogens (tertiary/aromatic N) is 1. The van der Waals surface area contributed by atoms with Crippen molar-refractivity contribution >= 4 is 6.09 Å². The highest BCUT2D eigenvalue weighted by Crippen LogP contribution is 2.51. The molecule has 10 heteroatoms. The third kappa shape index (κ3) is 4.92. The van der Waals surface area contributed by atoms with Crippen LogP contribution in [0.3, 0.4) is 0 Å². The summed E-state index contributed by atoms with van der Waals surface area (Å²) >= 11 is 0. The average Bonchev–Trinajstić information content (AvgIpc) is 3.18. The van der Waals surface area contributed by atoms with Gasteiger partial charge in [-0.05, 0) is 38.3 Å². The maximum absolute atomic E-state index is 13.3. The molecular weight excluding hydrogens is 488 g/mol. The van der Waals surface area contributed by atoms with E-state index in [0.717, 1.165) is 17.7 Å². The van der Waals surface area contributed by atoms with Crippen molar-refractivity contribution in [2.45, 2.75) is 69.0 Å². The van der Waals surface area contributed by atoms with Crippen molar-refractivity contribution in [2.75, 3.05) is 13.1 Å². The number of alkyl halides is 6. The van der Waals surface area contributed by atoms with E-state index in [1.807, 2.05) is 37.3 Å². The predicted molar refractivity (Wildman–Crippen MR) is 121 cm³/mol. The van der Waals surface area contributed by atoms with E-state index in [0.29, 0.717) is 24.1 Å². The lowest BCUT2D eigenvalue weighted by atomic mass is 9.68. The van der Waals surface area contributed by atoms with Gasteiger partial charge in [0.2, 0.25) is 0 Å². The van der Waals surface area contributed by atoms with Gasteiger partial charge in [-0.25, -0.2) is 4.79 Å². The highest BCUT2D eigenvalue weighted by atomic mass is 19.4. The number of rotatable bonds is 4. The molecule has 2 aromatic rings. The molecule has 3 rings (SSSR count). The quantitative estimate of drug-likeness (QED) is 0.461. The fourth-order valence-electron chi connectivity index (χ4n) is 4.87. The van der Waals surface area contributed by atoms with Crippen LogP contribution in [0.5, 0.6) is 0 Å². The third-order valence-corrected chi connectivity index (χ3v) is 6.73. The van der Waals surface area contributed by atoms with Crippen molar-refractivity contribution < 1.29 is 41.0 Å². The fourth-order valence-corrected chi connectivity index (χ4v) is 4.87. The Kier molecular flexibility index (Phi) is 7.18. The normalized spacial score (nSPS) is 21.5. The number of carbonyl (C=O) groups is 1. The number of hydrogen-bond donors (Lipinski definition) is 1. The van der Waals surface area contributed by atoms with E-state index in [-0.39, 0.29) is 13.1 Å². The van der Waals surface area contributed by atoms with Crippen LogP contribution in [0.25, 0.3) is 0 Å². The van der Waals surface area contributed by atoms with Crippen LogP contribution in [0.4, 0.5) is 31.1 Å². The maximum atomic E-state index is 13.3. The summed E-state index contributed by atoms with van der Waals surface area (Å²) in [6.45, 7) is 7.50. The van der Waals surface area contributed by atoms with E-state index in [9.17, 15) is 36.2 Å². The second-order valence-electron chi connectivity index (χ2n) is 10.1. The smallest absolute Gasteiger partial charge is 0.430 e. The van der Waals surface area contributed by atoms with Gasteiger partial charge >= 0.3 is 18.4 Å². The Hall–Kier alpha value is -2.75. The van der Waals surface area contributed by atoms with E-state index in [4.69, 9.17) is 4.74 Å². The number of halogens is 6. The molecule has 0 aliphatic carbocycles. The first-order chi connectivity index (χ1) is 16.5. The number of aliphatic hydroxyl groups is 1. The number of hydrogen-bond acceptors (Lipinski definition) is 3. The van der Waals surface area contributed by atoms with Crippen LogP contribution in [0, 0.1) is 0 Å². The van der Waals surface area contributed by atoms with E-state index >= 15 is 0 Å². The molecule has 198 valence electrons. The van der Waals surface area contributed by atoms with Crippen molar-refractivity contribution in [3.63, 3.8) is 0 Å². The molecule has 1 amide bonds. The summed E-state index contributed by atoms with van der Waals surface area (Å²) in [5.74, 6) is -0.448. The summed E-state index contributed by atoms with van der Waals surface area (Å²) in [6, 6.07) is 12.9. The van der Waals surface area contributed by atoms with Gasteiger partial charge in [-0.15, -0.1) is 0 Å². The maximum Gasteiger partial charge on any atom is 0.430 e. The molecule has 1 heterocycles. The van der Waals surface area contributed by atoms with E-state index in [1.54, 1.807) is 20.8 Å². The molecule has 36 heavy (non-hydrogen) atoms. The number of likely N-dealkylation sites (tertiary alicyclic amines) is 1. The Morgan fingerprint density at radius 1 is 0.972 bits per heavy atom. The van der Waals surface area contributed by atoms with Gasteiger partial charge in [0.15, 0.2) is 0 Å². The molecule has 1 N–H and O–H groups in total. The molecule has 0 spiro atoms. The summed E-state index contributed by atoms with van der Waals surface area (Å²) in [5.41, 5.74) is -6.41. The molecule has 1 aliphatic heterocycles. The number of ether oxygens (including phenoxy) is 1. The minimum Gasteiger partial charge on any atom is -0.444 e. The number of amides is 1. The van der Waals surface area contributed by atoms with Gasteiger partial charge in [-0.2, -0.15) is 26.3 Å². The Morgan fingerprint density at radius 3 is 1.94 bits per heavy atom. The molecule has 0 saturated carbocycles. The largest absolute Gasteiger partial charge is 0.444 e. The minimum absolute atomic E-state index is 0.153. The van der Waals surface area contributed by atoms with Crippen LogP contribution >= 0.6 is 0 Å². The number of carbonyl (C=O) groups excluding carboxylic acids is 1. The fraction of sp³-hybridized carbons (Fsp3) is 0.500. The Labute approximate surface area is 205 Å². The summed E-state index contributed by atoms with van der Waals surface area (Å²) in [5, 5.41) is 9.74. The van der Waals surface area contributed by atoms with Crippen molar-refractivity contribution in [1.82, 2.24) is 4.90 Å². The predicted octanol–water partition coefficient (Wildman–Crippen LogP) is 6.68. The van der Waals surface area contributed by atoms with E-state index < -0.39 is 46.5 Å². The van der Waals surface area contributed by atoms with Crippen LogP contribution in [0.2, 0.25) is 0 Å². The van der Waals surface area contributed by atoms with Crippen LogP contribution in [0.15, 0.2) is 54.6 Å². The highest BCUT2D eigenvalue weighted by Gasteiger charge is 2.71.